The number of carbonyl (C=O) groups is 1. The zero-order valence-corrected chi connectivity index (χ0v) is 11.9. The Hall–Kier alpha value is -2.30. The molecule has 0 amide bonds. The molecule has 0 saturated heterocycles. The van der Waals surface area contributed by atoms with E-state index in [0.29, 0.717) is 23.5 Å². The number of rotatable bonds is 5. The van der Waals surface area contributed by atoms with Gasteiger partial charge >= 0.3 is 5.97 Å². The molecule has 2 aromatic rings. The van der Waals surface area contributed by atoms with E-state index in [1.807, 2.05) is 24.3 Å². The van der Waals surface area contributed by atoms with Gasteiger partial charge in [0.25, 0.3) is 0 Å². The first kappa shape index (κ1) is 14.1. The van der Waals surface area contributed by atoms with E-state index in [-0.39, 0.29) is 0 Å². The van der Waals surface area contributed by atoms with Crippen LogP contribution >= 0.6 is 0 Å². The summed E-state index contributed by atoms with van der Waals surface area (Å²) >= 11 is 0. The number of methoxy groups -OCH3 is 1. The molecule has 0 bridgehead atoms. The van der Waals surface area contributed by atoms with Crippen LogP contribution in [0.1, 0.15) is 27.3 Å². The number of aromatic nitrogens is 2. The van der Waals surface area contributed by atoms with Crippen LogP contribution in [0.2, 0.25) is 0 Å². The van der Waals surface area contributed by atoms with E-state index in [2.05, 4.69) is 5.10 Å². The van der Waals surface area contributed by atoms with E-state index in [1.165, 1.54) is 0 Å². The zero-order valence-electron chi connectivity index (χ0n) is 11.9. The summed E-state index contributed by atoms with van der Waals surface area (Å²) in [4.78, 5) is 11.1. The number of aryl methyl sites for hydroxylation is 3. The summed E-state index contributed by atoms with van der Waals surface area (Å²) in [6.07, 6.45) is 0.797. The monoisotopic (exact) mass is 274 g/mol. The predicted molar refractivity (Wildman–Crippen MR) is 75.4 cm³/mol. The lowest BCUT2D eigenvalue weighted by atomic mass is 10.1. The van der Waals surface area contributed by atoms with Gasteiger partial charge in [-0.2, -0.15) is 5.10 Å². The fourth-order valence-electron chi connectivity index (χ4n) is 2.25. The van der Waals surface area contributed by atoms with Crippen molar-refractivity contribution in [1.82, 2.24) is 9.78 Å². The average molecular weight is 274 g/mol. The predicted octanol–water partition coefficient (Wildman–Crippen LogP) is 2.45. The van der Waals surface area contributed by atoms with Crippen molar-refractivity contribution in [2.24, 2.45) is 0 Å². The molecule has 0 unspecified atom stereocenters. The van der Waals surface area contributed by atoms with Crippen LogP contribution in [0.15, 0.2) is 24.3 Å². The standard InChI is InChI=1S/C15H18N2O3/c1-10-14(15(18)19)11(2)17(16-10)9-8-12-4-6-13(20-3)7-5-12/h4-7H,8-9H2,1-3H3,(H,18,19). The fraction of sp³-hybridized carbons (Fsp3) is 0.333. The Morgan fingerprint density at radius 1 is 1.30 bits per heavy atom. The van der Waals surface area contributed by atoms with Gasteiger partial charge in [0, 0.05) is 6.54 Å². The van der Waals surface area contributed by atoms with Gasteiger partial charge in [0.15, 0.2) is 0 Å². The van der Waals surface area contributed by atoms with E-state index in [1.54, 1.807) is 25.6 Å². The van der Waals surface area contributed by atoms with Crippen LogP contribution in [0.3, 0.4) is 0 Å². The molecule has 0 saturated carbocycles. The molecule has 5 heteroatoms. The summed E-state index contributed by atoms with van der Waals surface area (Å²) in [7, 11) is 1.64. The van der Waals surface area contributed by atoms with Gasteiger partial charge in [0.2, 0.25) is 0 Å². The number of hydrogen-bond acceptors (Lipinski definition) is 3. The molecule has 0 fully saturated rings. The maximum Gasteiger partial charge on any atom is 0.339 e. The van der Waals surface area contributed by atoms with Gasteiger partial charge in [0.05, 0.1) is 18.5 Å². The van der Waals surface area contributed by atoms with Crippen LogP contribution in [0.5, 0.6) is 5.75 Å². The lowest BCUT2D eigenvalue weighted by Crippen LogP contribution is -2.06. The molecule has 1 aromatic carbocycles. The van der Waals surface area contributed by atoms with Gasteiger partial charge in [0.1, 0.15) is 11.3 Å². The number of aromatic carboxylic acids is 1. The highest BCUT2D eigenvalue weighted by Crippen LogP contribution is 2.15. The molecule has 0 aliphatic rings. The van der Waals surface area contributed by atoms with Crippen LogP contribution < -0.4 is 4.74 Å². The molecule has 0 aliphatic carbocycles. The highest BCUT2D eigenvalue weighted by atomic mass is 16.5. The number of hydrogen-bond donors (Lipinski definition) is 1. The van der Waals surface area contributed by atoms with Crippen molar-refractivity contribution in [1.29, 1.82) is 0 Å². The first-order valence-electron chi connectivity index (χ1n) is 6.43. The van der Waals surface area contributed by atoms with E-state index in [0.717, 1.165) is 17.7 Å². The average Bonchev–Trinajstić information content (AvgIpc) is 2.71. The number of nitrogens with zero attached hydrogens (tertiary/aromatic N) is 2. The van der Waals surface area contributed by atoms with Crippen molar-refractivity contribution in [3.8, 4) is 5.75 Å². The van der Waals surface area contributed by atoms with Crippen molar-refractivity contribution in [2.45, 2.75) is 26.8 Å². The maximum atomic E-state index is 11.1. The van der Waals surface area contributed by atoms with E-state index < -0.39 is 5.97 Å². The van der Waals surface area contributed by atoms with Crippen molar-refractivity contribution in [3.63, 3.8) is 0 Å². The SMILES string of the molecule is COc1ccc(CCn2nc(C)c(C(=O)O)c2C)cc1. The van der Waals surface area contributed by atoms with Crippen molar-refractivity contribution in [3.05, 3.63) is 46.8 Å². The summed E-state index contributed by atoms with van der Waals surface area (Å²) in [5, 5.41) is 13.4. The van der Waals surface area contributed by atoms with Gasteiger partial charge in [-0.15, -0.1) is 0 Å². The molecule has 106 valence electrons. The molecule has 0 atom stereocenters. The van der Waals surface area contributed by atoms with Gasteiger partial charge in [-0.05, 0) is 38.0 Å². The largest absolute Gasteiger partial charge is 0.497 e. The van der Waals surface area contributed by atoms with Crippen LogP contribution in [0, 0.1) is 13.8 Å². The summed E-state index contributed by atoms with van der Waals surface area (Å²) in [6.45, 7) is 4.17. The Kier molecular flexibility index (Phi) is 4.08. The normalized spacial score (nSPS) is 10.6. The molecular formula is C15H18N2O3. The number of carboxylic acids is 1. The Balaban J connectivity index is 2.10. The number of ether oxygens (including phenoxy) is 1. The minimum Gasteiger partial charge on any atom is -0.497 e. The molecule has 0 aliphatic heterocycles. The molecular weight excluding hydrogens is 256 g/mol. The third-order valence-corrected chi connectivity index (χ3v) is 3.37. The minimum atomic E-state index is -0.921. The van der Waals surface area contributed by atoms with Crippen LogP contribution in [-0.4, -0.2) is 28.0 Å². The van der Waals surface area contributed by atoms with E-state index in [4.69, 9.17) is 9.84 Å². The smallest absolute Gasteiger partial charge is 0.339 e. The number of benzene rings is 1. The Morgan fingerprint density at radius 3 is 2.45 bits per heavy atom. The van der Waals surface area contributed by atoms with Gasteiger partial charge in [-0.3, -0.25) is 4.68 Å². The van der Waals surface area contributed by atoms with Gasteiger partial charge in [-0.1, -0.05) is 12.1 Å². The van der Waals surface area contributed by atoms with Crippen molar-refractivity contribution >= 4 is 5.97 Å². The van der Waals surface area contributed by atoms with Crippen molar-refractivity contribution in [2.75, 3.05) is 7.11 Å². The maximum absolute atomic E-state index is 11.1. The molecule has 5 nitrogen and oxygen atoms in total. The summed E-state index contributed by atoms with van der Waals surface area (Å²) in [6, 6.07) is 7.84. The Bertz CT molecular complexity index is 615. The highest BCUT2D eigenvalue weighted by Gasteiger charge is 2.17. The summed E-state index contributed by atoms with van der Waals surface area (Å²) in [5.41, 5.74) is 2.73. The Labute approximate surface area is 117 Å². The van der Waals surface area contributed by atoms with Crippen LogP contribution in [-0.2, 0) is 13.0 Å². The quantitative estimate of drug-likeness (QED) is 0.909. The van der Waals surface area contributed by atoms with Gasteiger partial charge < -0.3 is 9.84 Å². The lowest BCUT2D eigenvalue weighted by molar-refractivity contribution is 0.0695. The van der Waals surface area contributed by atoms with E-state index in [9.17, 15) is 4.79 Å². The van der Waals surface area contributed by atoms with Crippen molar-refractivity contribution < 1.29 is 14.6 Å². The van der Waals surface area contributed by atoms with E-state index >= 15 is 0 Å². The molecule has 0 radical (unpaired) electrons. The molecule has 1 N–H and O–H groups in total. The first-order chi connectivity index (χ1) is 9.52. The highest BCUT2D eigenvalue weighted by molar-refractivity contribution is 5.90. The fourth-order valence-corrected chi connectivity index (χ4v) is 2.25. The second kappa shape index (κ2) is 5.77. The minimum absolute atomic E-state index is 0.305. The van der Waals surface area contributed by atoms with Crippen LogP contribution in [0.4, 0.5) is 0 Å². The molecule has 0 spiro atoms. The first-order valence-corrected chi connectivity index (χ1v) is 6.43. The summed E-state index contributed by atoms with van der Waals surface area (Å²) < 4.78 is 6.87. The van der Waals surface area contributed by atoms with Gasteiger partial charge in [-0.25, -0.2) is 4.79 Å². The number of carboxylic acid groups (broad SMARTS) is 1. The Morgan fingerprint density at radius 2 is 1.95 bits per heavy atom. The molecule has 1 aromatic heterocycles. The third kappa shape index (κ3) is 2.82. The second-order valence-corrected chi connectivity index (χ2v) is 4.67. The second-order valence-electron chi connectivity index (χ2n) is 4.67. The zero-order chi connectivity index (χ0) is 14.7. The molecule has 1 heterocycles. The summed E-state index contributed by atoms with van der Waals surface area (Å²) in [5.74, 6) is -0.0938. The third-order valence-electron chi connectivity index (χ3n) is 3.37. The lowest BCUT2D eigenvalue weighted by Gasteiger charge is -2.06. The molecule has 20 heavy (non-hydrogen) atoms. The van der Waals surface area contributed by atoms with Crippen LogP contribution in [0.25, 0.3) is 0 Å². The molecule has 2 rings (SSSR count). The topological polar surface area (TPSA) is 64.4 Å².